The molecule has 2 aromatic carbocycles. The molecule has 0 fully saturated rings. The standard InChI is InChI=1S/C16H15N3/c1-2-4-14-11(3-1)9-12-10-13(5-6-15(12)14)19-16-17-7-8-18-16/h1-6,10H,7-9H2,(H2,17,18,19). The van der Waals surface area contributed by atoms with Crippen molar-refractivity contribution in [3.63, 3.8) is 0 Å². The summed E-state index contributed by atoms with van der Waals surface area (Å²) < 4.78 is 0. The summed E-state index contributed by atoms with van der Waals surface area (Å²) in [5.41, 5.74) is 6.67. The number of guanidine groups is 1. The molecule has 2 aliphatic rings. The van der Waals surface area contributed by atoms with Crippen LogP contribution in [-0.2, 0) is 6.42 Å². The maximum atomic E-state index is 4.36. The van der Waals surface area contributed by atoms with Gasteiger partial charge in [0, 0.05) is 12.2 Å². The molecule has 2 aromatic rings. The lowest BCUT2D eigenvalue weighted by Gasteiger charge is -2.08. The molecule has 0 unspecified atom stereocenters. The smallest absolute Gasteiger partial charge is 0.195 e. The summed E-state index contributed by atoms with van der Waals surface area (Å²) in [4.78, 5) is 4.36. The highest BCUT2D eigenvalue weighted by Crippen LogP contribution is 2.37. The molecule has 0 saturated carbocycles. The van der Waals surface area contributed by atoms with E-state index >= 15 is 0 Å². The molecule has 94 valence electrons. The second kappa shape index (κ2) is 4.12. The number of aliphatic imine (C=N–C) groups is 1. The third-order valence-corrected chi connectivity index (χ3v) is 3.73. The van der Waals surface area contributed by atoms with E-state index in [0.29, 0.717) is 0 Å². The Morgan fingerprint density at radius 1 is 1.00 bits per heavy atom. The Morgan fingerprint density at radius 2 is 1.89 bits per heavy atom. The van der Waals surface area contributed by atoms with E-state index in [1.54, 1.807) is 0 Å². The summed E-state index contributed by atoms with van der Waals surface area (Å²) in [6, 6.07) is 15.2. The van der Waals surface area contributed by atoms with Gasteiger partial charge in [-0.25, -0.2) is 0 Å². The Bertz CT molecular complexity index is 673. The molecule has 1 aliphatic heterocycles. The molecule has 1 heterocycles. The number of hydrogen-bond acceptors (Lipinski definition) is 3. The van der Waals surface area contributed by atoms with E-state index in [2.05, 4.69) is 58.1 Å². The Labute approximate surface area is 112 Å². The highest BCUT2D eigenvalue weighted by molar-refractivity contribution is 5.95. The Hall–Kier alpha value is -2.29. The van der Waals surface area contributed by atoms with E-state index < -0.39 is 0 Å². The molecular weight excluding hydrogens is 234 g/mol. The van der Waals surface area contributed by atoms with Gasteiger partial charge < -0.3 is 10.6 Å². The average molecular weight is 249 g/mol. The maximum Gasteiger partial charge on any atom is 0.195 e. The molecule has 0 atom stereocenters. The fourth-order valence-electron chi connectivity index (χ4n) is 2.84. The Kier molecular flexibility index (Phi) is 2.30. The number of fused-ring (bicyclic) bond motifs is 3. The highest BCUT2D eigenvalue weighted by Gasteiger charge is 2.18. The van der Waals surface area contributed by atoms with Crippen LogP contribution in [0.4, 0.5) is 5.69 Å². The van der Waals surface area contributed by atoms with Crippen LogP contribution in [0.15, 0.2) is 47.5 Å². The van der Waals surface area contributed by atoms with Crippen LogP contribution in [-0.4, -0.2) is 19.0 Å². The van der Waals surface area contributed by atoms with Crippen LogP contribution in [0.2, 0.25) is 0 Å². The van der Waals surface area contributed by atoms with Crippen LogP contribution in [0.3, 0.4) is 0 Å². The number of benzene rings is 2. The normalized spacial score (nSPS) is 15.5. The van der Waals surface area contributed by atoms with Crippen LogP contribution >= 0.6 is 0 Å². The van der Waals surface area contributed by atoms with Crippen molar-refractivity contribution in [3.8, 4) is 11.1 Å². The number of nitrogens with zero attached hydrogens (tertiary/aromatic N) is 1. The van der Waals surface area contributed by atoms with E-state index in [-0.39, 0.29) is 0 Å². The molecule has 3 heteroatoms. The SMILES string of the molecule is c1ccc2c(c1)Cc1cc(NC3=NCCN3)ccc1-2. The monoisotopic (exact) mass is 249 g/mol. The van der Waals surface area contributed by atoms with Crippen molar-refractivity contribution in [2.24, 2.45) is 4.99 Å². The number of nitrogens with one attached hydrogen (secondary N) is 2. The van der Waals surface area contributed by atoms with E-state index in [1.807, 2.05) is 0 Å². The van der Waals surface area contributed by atoms with Gasteiger partial charge in [-0.05, 0) is 40.8 Å². The second-order valence-corrected chi connectivity index (χ2v) is 4.99. The van der Waals surface area contributed by atoms with Crippen LogP contribution in [0.1, 0.15) is 11.1 Å². The summed E-state index contributed by atoms with van der Waals surface area (Å²) in [6.45, 7) is 1.79. The quantitative estimate of drug-likeness (QED) is 0.695. The molecule has 0 amide bonds. The number of anilines is 1. The lowest BCUT2D eigenvalue weighted by Crippen LogP contribution is -2.26. The van der Waals surface area contributed by atoms with Gasteiger partial charge >= 0.3 is 0 Å². The van der Waals surface area contributed by atoms with E-state index in [0.717, 1.165) is 31.2 Å². The second-order valence-electron chi connectivity index (χ2n) is 4.99. The van der Waals surface area contributed by atoms with Gasteiger partial charge in [-0.3, -0.25) is 4.99 Å². The van der Waals surface area contributed by atoms with Crippen LogP contribution < -0.4 is 10.6 Å². The van der Waals surface area contributed by atoms with Crippen molar-refractivity contribution in [1.29, 1.82) is 0 Å². The zero-order valence-corrected chi connectivity index (χ0v) is 10.6. The number of rotatable bonds is 1. The summed E-state index contributed by atoms with van der Waals surface area (Å²) in [7, 11) is 0. The Balaban J connectivity index is 1.67. The van der Waals surface area contributed by atoms with Crippen molar-refractivity contribution >= 4 is 11.6 Å². The fourth-order valence-corrected chi connectivity index (χ4v) is 2.84. The first-order valence-electron chi connectivity index (χ1n) is 6.67. The zero-order chi connectivity index (χ0) is 12.7. The van der Waals surface area contributed by atoms with Crippen molar-refractivity contribution in [2.75, 3.05) is 18.4 Å². The molecule has 19 heavy (non-hydrogen) atoms. The Morgan fingerprint density at radius 3 is 2.79 bits per heavy atom. The summed E-state index contributed by atoms with van der Waals surface area (Å²) in [6.07, 6.45) is 1.03. The highest BCUT2D eigenvalue weighted by atomic mass is 15.2. The van der Waals surface area contributed by atoms with E-state index in [1.165, 1.54) is 22.3 Å². The molecule has 2 N–H and O–H groups in total. The minimum absolute atomic E-state index is 0.860. The molecule has 4 rings (SSSR count). The third kappa shape index (κ3) is 1.78. The number of hydrogen-bond donors (Lipinski definition) is 2. The lowest BCUT2D eigenvalue weighted by molar-refractivity contribution is 0.959. The predicted molar refractivity (Wildman–Crippen MR) is 78.6 cm³/mol. The van der Waals surface area contributed by atoms with Crippen LogP contribution in [0.5, 0.6) is 0 Å². The molecule has 0 aromatic heterocycles. The van der Waals surface area contributed by atoms with Gasteiger partial charge in [0.15, 0.2) is 5.96 Å². The molecule has 0 spiro atoms. The van der Waals surface area contributed by atoms with Crippen molar-refractivity contribution in [2.45, 2.75) is 6.42 Å². The minimum atomic E-state index is 0.860. The van der Waals surface area contributed by atoms with Crippen molar-refractivity contribution in [3.05, 3.63) is 53.6 Å². The first-order valence-corrected chi connectivity index (χ1v) is 6.67. The van der Waals surface area contributed by atoms with Gasteiger partial charge in [-0.1, -0.05) is 30.3 Å². The summed E-state index contributed by atoms with van der Waals surface area (Å²) in [5.74, 6) is 0.885. The summed E-state index contributed by atoms with van der Waals surface area (Å²) >= 11 is 0. The first-order chi connectivity index (χ1) is 9.40. The zero-order valence-electron chi connectivity index (χ0n) is 10.6. The van der Waals surface area contributed by atoms with Gasteiger partial charge in [0.2, 0.25) is 0 Å². The van der Waals surface area contributed by atoms with Crippen molar-refractivity contribution in [1.82, 2.24) is 5.32 Å². The van der Waals surface area contributed by atoms with Gasteiger partial charge in [0.1, 0.15) is 0 Å². The average Bonchev–Trinajstić information content (AvgIpc) is 3.05. The predicted octanol–water partition coefficient (Wildman–Crippen LogP) is 2.63. The maximum absolute atomic E-state index is 4.36. The fraction of sp³-hybridized carbons (Fsp3) is 0.188. The third-order valence-electron chi connectivity index (χ3n) is 3.73. The van der Waals surface area contributed by atoms with E-state index in [4.69, 9.17) is 0 Å². The van der Waals surface area contributed by atoms with E-state index in [9.17, 15) is 0 Å². The van der Waals surface area contributed by atoms with Crippen LogP contribution in [0, 0.1) is 0 Å². The lowest BCUT2D eigenvalue weighted by atomic mass is 10.1. The molecular formula is C16H15N3. The molecule has 0 bridgehead atoms. The van der Waals surface area contributed by atoms with Crippen LogP contribution in [0.25, 0.3) is 11.1 Å². The van der Waals surface area contributed by atoms with Crippen molar-refractivity contribution < 1.29 is 0 Å². The summed E-state index contributed by atoms with van der Waals surface area (Å²) in [5, 5.41) is 6.57. The van der Waals surface area contributed by atoms with Gasteiger partial charge in [-0.2, -0.15) is 0 Å². The van der Waals surface area contributed by atoms with Gasteiger partial charge in [-0.15, -0.1) is 0 Å². The van der Waals surface area contributed by atoms with Gasteiger partial charge in [0.25, 0.3) is 0 Å². The largest absolute Gasteiger partial charge is 0.354 e. The molecule has 0 radical (unpaired) electrons. The first kappa shape index (κ1) is 10.6. The molecule has 3 nitrogen and oxygen atoms in total. The van der Waals surface area contributed by atoms with Gasteiger partial charge in [0.05, 0.1) is 6.54 Å². The molecule has 1 aliphatic carbocycles. The topological polar surface area (TPSA) is 36.4 Å². The molecule has 0 saturated heterocycles. The minimum Gasteiger partial charge on any atom is -0.354 e.